The maximum Gasteiger partial charge on any atom is 0.152 e. The van der Waals surface area contributed by atoms with Crippen molar-refractivity contribution in [3.8, 4) is 5.75 Å². The molecule has 0 fully saturated rings. The molecular formula is C8H10BrNO3. The molecule has 1 aromatic heterocycles. The number of pyridine rings is 1. The molecule has 5 heteroatoms. The Morgan fingerprint density at radius 1 is 1.62 bits per heavy atom. The van der Waals surface area contributed by atoms with Crippen molar-refractivity contribution in [1.82, 2.24) is 4.98 Å². The summed E-state index contributed by atoms with van der Waals surface area (Å²) < 4.78 is 5.75. The first-order valence-electron chi connectivity index (χ1n) is 3.76. The van der Waals surface area contributed by atoms with Crippen LogP contribution in [0.2, 0.25) is 0 Å². The van der Waals surface area contributed by atoms with Crippen LogP contribution in [-0.4, -0.2) is 34.5 Å². The number of aliphatic hydroxyl groups is 2. The van der Waals surface area contributed by atoms with E-state index in [4.69, 9.17) is 14.9 Å². The third kappa shape index (κ3) is 3.30. The number of halogens is 1. The molecule has 0 saturated carbocycles. The van der Waals surface area contributed by atoms with E-state index in [1.807, 2.05) is 0 Å². The van der Waals surface area contributed by atoms with E-state index in [0.29, 0.717) is 10.4 Å². The molecule has 0 aliphatic carbocycles. The van der Waals surface area contributed by atoms with E-state index in [-0.39, 0.29) is 13.2 Å². The van der Waals surface area contributed by atoms with Crippen LogP contribution >= 0.6 is 15.9 Å². The van der Waals surface area contributed by atoms with Crippen molar-refractivity contribution >= 4 is 15.9 Å². The van der Waals surface area contributed by atoms with Crippen LogP contribution in [0.1, 0.15) is 0 Å². The predicted molar refractivity (Wildman–Crippen MR) is 50.5 cm³/mol. The van der Waals surface area contributed by atoms with Crippen LogP contribution in [0.3, 0.4) is 0 Å². The van der Waals surface area contributed by atoms with Gasteiger partial charge in [0.25, 0.3) is 0 Å². The Kier molecular flexibility index (Phi) is 4.14. The Morgan fingerprint density at radius 3 is 3.00 bits per heavy atom. The molecule has 2 N–H and O–H groups in total. The number of hydrogen-bond acceptors (Lipinski definition) is 4. The highest BCUT2D eigenvalue weighted by molar-refractivity contribution is 9.10. The second-order valence-corrected chi connectivity index (χ2v) is 3.19. The van der Waals surface area contributed by atoms with E-state index in [0.717, 1.165) is 0 Å². The van der Waals surface area contributed by atoms with Gasteiger partial charge in [-0.2, -0.15) is 0 Å². The summed E-state index contributed by atoms with van der Waals surface area (Å²) in [6.07, 6.45) is 0.770. The van der Waals surface area contributed by atoms with Crippen molar-refractivity contribution in [3.63, 3.8) is 0 Å². The van der Waals surface area contributed by atoms with Gasteiger partial charge in [-0.25, -0.2) is 4.98 Å². The van der Waals surface area contributed by atoms with Crippen LogP contribution in [0.25, 0.3) is 0 Å². The van der Waals surface area contributed by atoms with Gasteiger partial charge in [0.05, 0.1) is 6.61 Å². The SMILES string of the molecule is OCC(O)COc1cccnc1Br. The van der Waals surface area contributed by atoms with Crippen molar-refractivity contribution in [2.75, 3.05) is 13.2 Å². The van der Waals surface area contributed by atoms with Gasteiger partial charge in [-0.15, -0.1) is 0 Å². The van der Waals surface area contributed by atoms with Crippen LogP contribution in [-0.2, 0) is 0 Å². The van der Waals surface area contributed by atoms with E-state index < -0.39 is 6.10 Å². The molecule has 72 valence electrons. The summed E-state index contributed by atoms with van der Waals surface area (Å²) in [5, 5.41) is 17.5. The average Bonchev–Trinajstić information content (AvgIpc) is 2.16. The monoisotopic (exact) mass is 247 g/mol. The molecule has 1 atom stereocenters. The topological polar surface area (TPSA) is 62.6 Å². The Hall–Kier alpha value is -0.650. The summed E-state index contributed by atoms with van der Waals surface area (Å²) in [5.74, 6) is 0.551. The Bertz CT molecular complexity index is 269. The lowest BCUT2D eigenvalue weighted by molar-refractivity contribution is 0.0532. The minimum absolute atomic E-state index is 0.0563. The molecule has 4 nitrogen and oxygen atoms in total. The first-order valence-corrected chi connectivity index (χ1v) is 4.55. The van der Waals surface area contributed by atoms with Gasteiger partial charge in [0, 0.05) is 6.20 Å². The first kappa shape index (κ1) is 10.4. The molecular weight excluding hydrogens is 238 g/mol. The molecule has 0 aliphatic heterocycles. The number of ether oxygens (including phenoxy) is 1. The number of nitrogens with zero attached hydrogens (tertiary/aromatic N) is 1. The lowest BCUT2D eigenvalue weighted by atomic mass is 10.4. The fraction of sp³-hybridized carbons (Fsp3) is 0.375. The highest BCUT2D eigenvalue weighted by atomic mass is 79.9. The van der Waals surface area contributed by atoms with Crippen molar-refractivity contribution in [2.24, 2.45) is 0 Å². The Morgan fingerprint density at radius 2 is 2.38 bits per heavy atom. The minimum atomic E-state index is -0.855. The van der Waals surface area contributed by atoms with Gasteiger partial charge in [-0.3, -0.25) is 0 Å². The summed E-state index contributed by atoms with van der Waals surface area (Å²) in [7, 11) is 0. The van der Waals surface area contributed by atoms with Gasteiger partial charge >= 0.3 is 0 Å². The summed E-state index contributed by atoms with van der Waals surface area (Å²) in [5.41, 5.74) is 0. The fourth-order valence-corrected chi connectivity index (χ4v) is 1.08. The lowest BCUT2D eigenvalue weighted by Crippen LogP contribution is -2.21. The third-order valence-electron chi connectivity index (χ3n) is 1.37. The molecule has 0 aliphatic rings. The molecule has 0 amide bonds. The highest BCUT2D eigenvalue weighted by Gasteiger charge is 2.05. The van der Waals surface area contributed by atoms with Gasteiger partial charge in [0.2, 0.25) is 0 Å². The van der Waals surface area contributed by atoms with Crippen LogP contribution in [0.4, 0.5) is 0 Å². The van der Waals surface area contributed by atoms with E-state index in [9.17, 15) is 0 Å². The molecule has 0 spiro atoms. The van der Waals surface area contributed by atoms with Crippen molar-refractivity contribution < 1.29 is 14.9 Å². The molecule has 1 heterocycles. The summed E-state index contributed by atoms with van der Waals surface area (Å²) >= 11 is 3.19. The Balaban J connectivity index is 2.50. The zero-order valence-electron chi connectivity index (χ0n) is 6.85. The van der Waals surface area contributed by atoms with Gasteiger partial charge in [-0.05, 0) is 28.1 Å². The maximum absolute atomic E-state index is 9.00. The normalized spacial score (nSPS) is 12.5. The standard InChI is InChI=1S/C8H10BrNO3/c9-8-7(2-1-3-10-8)13-5-6(12)4-11/h1-3,6,11-12H,4-5H2. The quantitative estimate of drug-likeness (QED) is 0.765. The number of aliphatic hydroxyl groups excluding tert-OH is 2. The van der Waals surface area contributed by atoms with Crippen LogP contribution in [0.5, 0.6) is 5.75 Å². The second-order valence-electron chi connectivity index (χ2n) is 2.44. The van der Waals surface area contributed by atoms with E-state index >= 15 is 0 Å². The average molecular weight is 248 g/mol. The molecule has 0 radical (unpaired) electrons. The first-order chi connectivity index (χ1) is 6.24. The molecule has 1 aromatic rings. The fourth-order valence-electron chi connectivity index (χ4n) is 0.718. The Labute approximate surface area is 84.3 Å². The van der Waals surface area contributed by atoms with Gasteiger partial charge in [0.1, 0.15) is 17.3 Å². The van der Waals surface area contributed by atoms with E-state index in [2.05, 4.69) is 20.9 Å². The van der Waals surface area contributed by atoms with Crippen LogP contribution in [0.15, 0.2) is 22.9 Å². The van der Waals surface area contributed by atoms with Crippen LogP contribution < -0.4 is 4.74 Å². The van der Waals surface area contributed by atoms with Crippen molar-refractivity contribution in [3.05, 3.63) is 22.9 Å². The molecule has 13 heavy (non-hydrogen) atoms. The van der Waals surface area contributed by atoms with Crippen LogP contribution in [0, 0.1) is 0 Å². The second kappa shape index (κ2) is 5.16. The maximum atomic E-state index is 9.00. The summed E-state index contributed by atoms with van der Waals surface area (Å²) in [6, 6.07) is 3.45. The van der Waals surface area contributed by atoms with E-state index in [1.165, 1.54) is 0 Å². The van der Waals surface area contributed by atoms with E-state index in [1.54, 1.807) is 18.3 Å². The minimum Gasteiger partial charge on any atom is -0.488 e. The van der Waals surface area contributed by atoms with Crippen molar-refractivity contribution in [1.29, 1.82) is 0 Å². The molecule has 1 unspecified atom stereocenters. The predicted octanol–water partition coefficient (Wildman–Crippen LogP) is 0.576. The summed E-state index contributed by atoms with van der Waals surface area (Å²) in [4.78, 5) is 3.93. The molecule has 0 bridgehead atoms. The smallest absolute Gasteiger partial charge is 0.152 e. The number of rotatable bonds is 4. The molecule has 1 rings (SSSR count). The number of aromatic nitrogens is 1. The molecule has 0 aromatic carbocycles. The van der Waals surface area contributed by atoms with Gasteiger partial charge in [0.15, 0.2) is 5.75 Å². The van der Waals surface area contributed by atoms with Crippen molar-refractivity contribution in [2.45, 2.75) is 6.10 Å². The largest absolute Gasteiger partial charge is 0.488 e. The summed E-state index contributed by atoms with van der Waals surface area (Å²) in [6.45, 7) is -0.251. The molecule has 0 saturated heterocycles. The number of hydrogen-bond donors (Lipinski definition) is 2. The zero-order chi connectivity index (χ0) is 9.68. The highest BCUT2D eigenvalue weighted by Crippen LogP contribution is 2.20. The van der Waals surface area contributed by atoms with Gasteiger partial charge in [-0.1, -0.05) is 0 Å². The lowest BCUT2D eigenvalue weighted by Gasteiger charge is -2.09. The van der Waals surface area contributed by atoms with Gasteiger partial charge < -0.3 is 14.9 Å². The third-order valence-corrected chi connectivity index (χ3v) is 1.96. The zero-order valence-corrected chi connectivity index (χ0v) is 8.44.